The first-order chi connectivity index (χ1) is 12.7. The molecular formula is C20H26N6. The zero-order valence-corrected chi connectivity index (χ0v) is 15.6. The minimum absolute atomic E-state index is 0.327. The summed E-state index contributed by atoms with van der Waals surface area (Å²) < 4.78 is 0. The second kappa shape index (κ2) is 8.72. The van der Waals surface area contributed by atoms with Crippen LogP contribution in [0.5, 0.6) is 0 Å². The Morgan fingerprint density at radius 2 is 2.00 bits per heavy atom. The third-order valence-electron chi connectivity index (χ3n) is 5.00. The predicted molar refractivity (Wildman–Crippen MR) is 102 cm³/mol. The predicted octanol–water partition coefficient (Wildman–Crippen LogP) is 2.94. The number of pyridine rings is 1. The zero-order chi connectivity index (χ0) is 18.4. The highest BCUT2D eigenvalue weighted by Crippen LogP contribution is 2.23. The smallest absolute Gasteiger partial charge is 0.167 e. The number of nitrogens with one attached hydrogen (secondary N) is 1. The fourth-order valence-corrected chi connectivity index (χ4v) is 3.54. The van der Waals surface area contributed by atoms with Crippen molar-refractivity contribution in [1.29, 1.82) is 5.26 Å². The molecule has 6 nitrogen and oxygen atoms in total. The van der Waals surface area contributed by atoms with E-state index in [4.69, 9.17) is 0 Å². The molecule has 0 aliphatic carbocycles. The van der Waals surface area contributed by atoms with Crippen LogP contribution in [0.4, 0.5) is 5.82 Å². The van der Waals surface area contributed by atoms with Crippen LogP contribution in [-0.4, -0.2) is 39.2 Å². The van der Waals surface area contributed by atoms with Crippen LogP contribution in [0.1, 0.15) is 49.2 Å². The highest BCUT2D eigenvalue weighted by Gasteiger charge is 2.22. The van der Waals surface area contributed by atoms with Gasteiger partial charge < -0.3 is 5.32 Å². The van der Waals surface area contributed by atoms with Gasteiger partial charge in [0, 0.05) is 31.9 Å². The van der Waals surface area contributed by atoms with E-state index < -0.39 is 0 Å². The van der Waals surface area contributed by atoms with Crippen LogP contribution in [-0.2, 0) is 19.4 Å². The number of rotatable bonds is 6. The van der Waals surface area contributed by atoms with E-state index in [2.05, 4.69) is 51.4 Å². The third-order valence-corrected chi connectivity index (χ3v) is 5.00. The molecule has 0 amide bonds. The number of aryl methyl sites for hydroxylation is 1. The maximum absolute atomic E-state index is 9.61. The van der Waals surface area contributed by atoms with Gasteiger partial charge >= 0.3 is 0 Å². The van der Waals surface area contributed by atoms with Crippen LogP contribution >= 0.6 is 0 Å². The Kier molecular flexibility index (Phi) is 6.13. The molecule has 1 aliphatic rings. The average molecular weight is 350 g/mol. The van der Waals surface area contributed by atoms with Gasteiger partial charge in [0.2, 0.25) is 0 Å². The summed E-state index contributed by atoms with van der Waals surface area (Å²) in [7, 11) is 0. The summed E-state index contributed by atoms with van der Waals surface area (Å²) in [6, 6.07) is 8.71. The van der Waals surface area contributed by atoms with Gasteiger partial charge in [-0.05, 0) is 43.4 Å². The minimum Gasteiger partial charge on any atom is -0.365 e. The van der Waals surface area contributed by atoms with Gasteiger partial charge in [-0.3, -0.25) is 9.88 Å². The van der Waals surface area contributed by atoms with Crippen molar-refractivity contribution in [2.75, 3.05) is 18.4 Å². The average Bonchev–Trinajstić information content (AvgIpc) is 2.69. The lowest BCUT2D eigenvalue weighted by Gasteiger charge is -2.32. The van der Waals surface area contributed by atoms with E-state index in [1.54, 1.807) is 0 Å². The lowest BCUT2D eigenvalue weighted by atomic mass is 10.0. The highest BCUT2D eigenvalue weighted by molar-refractivity contribution is 5.57. The molecular weight excluding hydrogens is 324 g/mol. The summed E-state index contributed by atoms with van der Waals surface area (Å²) in [5.74, 6) is 0.643. The molecule has 3 heterocycles. The van der Waals surface area contributed by atoms with Crippen molar-refractivity contribution in [2.45, 2.75) is 52.1 Å². The number of hydrogen-bond donors (Lipinski definition) is 1. The Morgan fingerprint density at radius 3 is 2.62 bits per heavy atom. The second-order valence-electron chi connectivity index (χ2n) is 6.68. The summed E-state index contributed by atoms with van der Waals surface area (Å²) in [6.45, 7) is 7.03. The van der Waals surface area contributed by atoms with E-state index in [9.17, 15) is 5.26 Å². The largest absolute Gasteiger partial charge is 0.365 e. The van der Waals surface area contributed by atoms with E-state index in [-0.39, 0.29) is 0 Å². The molecule has 0 radical (unpaired) electrons. The van der Waals surface area contributed by atoms with Crippen LogP contribution in [0.3, 0.4) is 0 Å². The molecule has 0 atom stereocenters. The van der Waals surface area contributed by atoms with E-state index in [1.165, 1.54) is 0 Å². The molecule has 0 saturated carbocycles. The van der Waals surface area contributed by atoms with E-state index >= 15 is 0 Å². The molecule has 2 aromatic heterocycles. The monoisotopic (exact) mass is 350 g/mol. The standard InChI is InChI=1S/C20H26N6/c1-3-17-18(13-21)20(25-24-19(17)4-2)23-15-8-11-26(12-9-15)14-16-7-5-6-10-22-16/h5-7,10,15H,3-4,8-9,11-12,14H2,1-2H3,(H,23,25). The van der Waals surface area contributed by atoms with Gasteiger partial charge in [0.25, 0.3) is 0 Å². The van der Waals surface area contributed by atoms with Crippen molar-refractivity contribution < 1.29 is 0 Å². The summed E-state index contributed by atoms with van der Waals surface area (Å²) in [5.41, 5.74) is 3.73. The lowest BCUT2D eigenvalue weighted by molar-refractivity contribution is 0.209. The Bertz CT molecular complexity index is 760. The van der Waals surface area contributed by atoms with Gasteiger partial charge in [-0.15, -0.1) is 5.10 Å². The Morgan fingerprint density at radius 1 is 1.19 bits per heavy atom. The van der Waals surface area contributed by atoms with Gasteiger partial charge in [-0.1, -0.05) is 19.9 Å². The van der Waals surface area contributed by atoms with Crippen molar-refractivity contribution in [3.05, 3.63) is 46.9 Å². The second-order valence-corrected chi connectivity index (χ2v) is 6.68. The lowest BCUT2D eigenvalue weighted by Crippen LogP contribution is -2.39. The summed E-state index contributed by atoms with van der Waals surface area (Å²) >= 11 is 0. The molecule has 0 spiro atoms. The van der Waals surface area contributed by atoms with Crippen LogP contribution in [0.15, 0.2) is 24.4 Å². The highest BCUT2D eigenvalue weighted by atomic mass is 15.2. The van der Waals surface area contributed by atoms with Crippen molar-refractivity contribution in [1.82, 2.24) is 20.1 Å². The molecule has 1 aliphatic heterocycles. The molecule has 26 heavy (non-hydrogen) atoms. The van der Waals surface area contributed by atoms with Crippen LogP contribution < -0.4 is 5.32 Å². The third kappa shape index (κ3) is 4.17. The number of anilines is 1. The molecule has 0 aromatic carbocycles. The van der Waals surface area contributed by atoms with Crippen LogP contribution in [0.25, 0.3) is 0 Å². The van der Waals surface area contributed by atoms with Gasteiger partial charge in [0.05, 0.1) is 11.4 Å². The van der Waals surface area contributed by atoms with E-state index in [0.717, 1.165) is 62.3 Å². The Balaban J connectivity index is 1.62. The van der Waals surface area contributed by atoms with E-state index in [1.807, 2.05) is 18.3 Å². The number of likely N-dealkylation sites (tertiary alicyclic amines) is 1. The van der Waals surface area contributed by atoms with Crippen molar-refractivity contribution in [2.24, 2.45) is 0 Å². The molecule has 0 bridgehead atoms. The van der Waals surface area contributed by atoms with Crippen LogP contribution in [0, 0.1) is 11.3 Å². The fourth-order valence-electron chi connectivity index (χ4n) is 3.54. The van der Waals surface area contributed by atoms with Gasteiger partial charge in [0.1, 0.15) is 11.6 Å². The summed E-state index contributed by atoms with van der Waals surface area (Å²) in [6.07, 6.45) is 5.50. The Hall–Kier alpha value is -2.52. The van der Waals surface area contributed by atoms with Gasteiger partial charge in [-0.2, -0.15) is 10.4 Å². The quantitative estimate of drug-likeness (QED) is 0.863. The molecule has 6 heteroatoms. The van der Waals surface area contributed by atoms with Crippen molar-refractivity contribution >= 4 is 5.82 Å². The zero-order valence-electron chi connectivity index (χ0n) is 15.6. The van der Waals surface area contributed by atoms with Crippen molar-refractivity contribution in [3.8, 4) is 6.07 Å². The summed E-state index contributed by atoms with van der Waals surface area (Å²) in [5, 5.41) is 21.7. The number of nitriles is 1. The minimum atomic E-state index is 0.327. The molecule has 136 valence electrons. The fraction of sp³-hybridized carbons (Fsp3) is 0.500. The molecule has 1 saturated heterocycles. The number of aromatic nitrogens is 3. The first-order valence-corrected chi connectivity index (χ1v) is 9.42. The van der Waals surface area contributed by atoms with E-state index in [0.29, 0.717) is 17.4 Å². The first-order valence-electron chi connectivity index (χ1n) is 9.42. The number of piperidine rings is 1. The molecule has 1 N–H and O–H groups in total. The topological polar surface area (TPSA) is 77.7 Å². The first kappa shape index (κ1) is 18.3. The molecule has 0 unspecified atom stereocenters. The molecule has 2 aromatic rings. The number of hydrogen-bond acceptors (Lipinski definition) is 6. The van der Waals surface area contributed by atoms with Crippen molar-refractivity contribution in [3.63, 3.8) is 0 Å². The van der Waals surface area contributed by atoms with Crippen LogP contribution in [0.2, 0.25) is 0 Å². The SMILES string of the molecule is CCc1nnc(NC2CCN(Cc3ccccn3)CC2)c(C#N)c1CC. The normalized spacial score (nSPS) is 15.6. The number of nitrogens with zero attached hydrogens (tertiary/aromatic N) is 5. The van der Waals surface area contributed by atoms with Gasteiger partial charge in [0.15, 0.2) is 5.82 Å². The summed E-state index contributed by atoms with van der Waals surface area (Å²) in [4.78, 5) is 6.83. The maximum Gasteiger partial charge on any atom is 0.167 e. The molecule has 3 rings (SSSR count). The maximum atomic E-state index is 9.61. The molecule has 1 fully saturated rings. The van der Waals surface area contributed by atoms with Gasteiger partial charge in [-0.25, -0.2) is 0 Å². The Labute approximate surface area is 155 Å².